The number of hydrogen-bond acceptors (Lipinski definition) is 2. The molecule has 1 heterocycles. The third-order valence-electron chi connectivity index (χ3n) is 4.08. The van der Waals surface area contributed by atoms with E-state index in [4.69, 9.17) is 10.2 Å². The fourth-order valence-corrected chi connectivity index (χ4v) is 3.02. The molecule has 0 atom stereocenters. The van der Waals surface area contributed by atoms with Gasteiger partial charge in [0.1, 0.15) is 0 Å². The molecule has 1 aromatic carbocycles. The first-order valence-corrected chi connectivity index (χ1v) is 7.02. The highest BCUT2D eigenvalue weighted by molar-refractivity contribution is 5.85. The van der Waals surface area contributed by atoms with Crippen LogP contribution >= 0.6 is 0 Å². The summed E-state index contributed by atoms with van der Waals surface area (Å²) in [6, 6.07) is 8.84. The second-order valence-corrected chi connectivity index (χ2v) is 5.64. The lowest BCUT2D eigenvalue weighted by Gasteiger charge is -2.12. The van der Waals surface area contributed by atoms with E-state index < -0.39 is 0 Å². The van der Waals surface area contributed by atoms with Crippen LogP contribution in [0, 0.1) is 11.3 Å². The molecule has 3 rings (SSSR count). The number of hydrogen-bond donors (Lipinski definition) is 0. The highest BCUT2D eigenvalue weighted by atomic mass is 14.7. The van der Waals surface area contributed by atoms with Crippen molar-refractivity contribution in [1.82, 2.24) is 4.98 Å². The molecule has 1 aliphatic carbocycles. The molecule has 0 radical (unpaired) electrons. The number of nitrogens with zero attached hydrogens (tertiary/aromatic N) is 2. The van der Waals surface area contributed by atoms with E-state index in [-0.39, 0.29) is 0 Å². The van der Waals surface area contributed by atoms with Gasteiger partial charge in [0.05, 0.1) is 18.0 Å². The Kier molecular flexibility index (Phi) is 2.98. The van der Waals surface area contributed by atoms with Crippen LogP contribution in [-0.2, 0) is 19.3 Å². The minimum atomic E-state index is 0.503. The summed E-state index contributed by atoms with van der Waals surface area (Å²) in [5, 5.41) is 10.3. The Morgan fingerprint density at radius 1 is 1.32 bits per heavy atom. The number of pyridine rings is 1. The lowest BCUT2D eigenvalue weighted by atomic mass is 9.95. The Labute approximate surface area is 114 Å². The first kappa shape index (κ1) is 12.2. The van der Waals surface area contributed by atoms with Gasteiger partial charge in [-0.1, -0.05) is 19.9 Å². The summed E-state index contributed by atoms with van der Waals surface area (Å²) in [6.07, 6.45) is 3.83. The van der Waals surface area contributed by atoms with E-state index in [0.717, 1.165) is 18.4 Å². The van der Waals surface area contributed by atoms with E-state index in [2.05, 4.69) is 38.1 Å². The minimum Gasteiger partial charge on any atom is -0.253 e. The van der Waals surface area contributed by atoms with Gasteiger partial charge >= 0.3 is 0 Å². The van der Waals surface area contributed by atoms with Gasteiger partial charge in [-0.15, -0.1) is 0 Å². The normalized spacial score (nSPS) is 13.8. The summed E-state index contributed by atoms with van der Waals surface area (Å²) >= 11 is 0. The highest BCUT2D eigenvalue weighted by Gasteiger charge is 2.19. The Morgan fingerprint density at radius 3 is 2.89 bits per heavy atom. The summed E-state index contributed by atoms with van der Waals surface area (Å²) in [7, 11) is 0. The summed E-state index contributed by atoms with van der Waals surface area (Å²) in [6.45, 7) is 4.40. The minimum absolute atomic E-state index is 0.503. The van der Waals surface area contributed by atoms with Crippen LogP contribution in [0.25, 0.3) is 10.9 Å². The summed E-state index contributed by atoms with van der Waals surface area (Å²) < 4.78 is 0. The number of aryl methyl sites for hydroxylation is 1. The zero-order valence-electron chi connectivity index (χ0n) is 11.5. The summed E-state index contributed by atoms with van der Waals surface area (Å²) in [4.78, 5) is 4.79. The third kappa shape index (κ3) is 2.00. The molecule has 0 saturated carbocycles. The molecule has 0 amide bonds. The van der Waals surface area contributed by atoms with Gasteiger partial charge in [-0.2, -0.15) is 5.26 Å². The van der Waals surface area contributed by atoms with Crippen LogP contribution in [0.1, 0.15) is 48.6 Å². The predicted octanol–water partition coefficient (Wildman–Crippen LogP) is 3.91. The quantitative estimate of drug-likeness (QED) is 0.810. The van der Waals surface area contributed by atoms with Crippen LogP contribution in [0.2, 0.25) is 0 Å². The average Bonchev–Trinajstić information content (AvgIpc) is 2.86. The van der Waals surface area contributed by atoms with E-state index in [0.29, 0.717) is 12.3 Å². The highest BCUT2D eigenvalue weighted by Crippen LogP contribution is 2.31. The molecule has 96 valence electrons. The molecule has 2 heteroatoms. The van der Waals surface area contributed by atoms with E-state index in [1.54, 1.807) is 0 Å². The molecule has 0 N–H and O–H groups in total. The monoisotopic (exact) mass is 250 g/mol. The van der Waals surface area contributed by atoms with Crippen LogP contribution in [0.4, 0.5) is 0 Å². The smallest absolute Gasteiger partial charge is 0.0708 e. The van der Waals surface area contributed by atoms with Crippen LogP contribution < -0.4 is 0 Å². The summed E-state index contributed by atoms with van der Waals surface area (Å²) in [5.41, 5.74) is 6.16. The second-order valence-electron chi connectivity index (χ2n) is 5.64. The van der Waals surface area contributed by atoms with Crippen molar-refractivity contribution in [2.24, 2.45) is 0 Å². The predicted molar refractivity (Wildman–Crippen MR) is 77.2 cm³/mol. The van der Waals surface area contributed by atoms with Crippen LogP contribution in [0.15, 0.2) is 18.2 Å². The molecule has 0 unspecified atom stereocenters. The zero-order chi connectivity index (χ0) is 13.4. The van der Waals surface area contributed by atoms with Gasteiger partial charge in [-0.25, -0.2) is 0 Å². The standard InChI is InChI=1S/C17H18N2/c1-11(2)12-6-7-17-15(10-12)13(8-9-18)14-4-3-5-16(14)19-17/h6-7,10-11H,3-5,8H2,1-2H3. The Balaban J connectivity index is 2.30. The maximum atomic E-state index is 9.12. The lowest BCUT2D eigenvalue weighted by Crippen LogP contribution is -1.99. The maximum absolute atomic E-state index is 9.12. The molecule has 1 aliphatic rings. The molecule has 0 spiro atoms. The molecule has 0 saturated heterocycles. The molecular weight excluding hydrogens is 232 g/mol. The van der Waals surface area contributed by atoms with E-state index >= 15 is 0 Å². The molecule has 1 aromatic heterocycles. The van der Waals surface area contributed by atoms with Gasteiger partial charge in [0.25, 0.3) is 0 Å². The zero-order valence-corrected chi connectivity index (χ0v) is 11.5. The van der Waals surface area contributed by atoms with Crippen LogP contribution in [0.3, 0.4) is 0 Å². The molecule has 19 heavy (non-hydrogen) atoms. The van der Waals surface area contributed by atoms with Gasteiger partial charge in [0.2, 0.25) is 0 Å². The van der Waals surface area contributed by atoms with Crippen molar-refractivity contribution < 1.29 is 0 Å². The fraction of sp³-hybridized carbons (Fsp3) is 0.412. The molecule has 2 aromatic rings. The fourth-order valence-electron chi connectivity index (χ4n) is 3.02. The van der Waals surface area contributed by atoms with Gasteiger partial charge in [0, 0.05) is 11.1 Å². The second kappa shape index (κ2) is 4.66. The Hall–Kier alpha value is -1.88. The van der Waals surface area contributed by atoms with Gasteiger partial charge in [-0.3, -0.25) is 4.98 Å². The van der Waals surface area contributed by atoms with Crippen LogP contribution in [0.5, 0.6) is 0 Å². The van der Waals surface area contributed by atoms with Crippen molar-refractivity contribution in [3.05, 3.63) is 40.6 Å². The summed E-state index contributed by atoms with van der Waals surface area (Å²) in [5.74, 6) is 0.507. The van der Waals surface area contributed by atoms with Crippen molar-refractivity contribution >= 4 is 10.9 Å². The first-order valence-electron chi connectivity index (χ1n) is 7.02. The third-order valence-corrected chi connectivity index (χ3v) is 4.08. The molecule has 2 nitrogen and oxygen atoms in total. The number of benzene rings is 1. The van der Waals surface area contributed by atoms with E-state index in [1.807, 2.05) is 0 Å². The Morgan fingerprint density at radius 2 is 2.16 bits per heavy atom. The van der Waals surface area contributed by atoms with Crippen molar-refractivity contribution in [3.8, 4) is 6.07 Å². The molecule has 0 fully saturated rings. The Bertz CT molecular complexity index is 678. The van der Waals surface area contributed by atoms with Crippen molar-refractivity contribution in [1.29, 1.82) is 5.26 Å². The van der Waals surface area contributed by atoms with E-state index in [9.17, 15) is 0 Å². The largest absolute Gasteiger partial charge is 0.253 e. The first-order chi connectivity index (χ1) is 9.20. The lowest BCUT2D eigenvalue weighted by molar-refractivity contribution is 0.868. The topological polar surface area (TPSA) is 36.7 Å². The molecule has 0 aliphatic heterocycles. The van der Waals surface area contributed by atoms with Gasteiger partial charge < -0.3 is 0 Å². The van der Waals surface area contributed by atoms with Crippen LogP contribution in [-0.4, -0.2) is 4.98 Å². The molecule has 0 bridgehead atoms. The molecular formula is C17H18N2. The van der Waals surface area contributed by atoms with Gasteiger partial charge in [0.15, 0.2) is 0 Å². The SMILES string of the molecule is CC(C)c1ccc2nc3c(c(CC#N)c2c1)CCC3. The maximum Gasteiger partial charge on any atom is 0.0708 e. The van der Waals surface area contributed by atoms with Gasteiger partial charge in [-0.05, 0) is 54.0 Å². The van der Waals surface area contributed by atoms with Crippen molar-refractivity contribution in [2.45, 2.75) is 45.4 Å². The number of nitriles is 1. The van der Waals surface area contributed by atoms with Crippen molar-refractivity contribution in [2.75, 3.05) is 0 Å². The number of rotatable bonds is 2. The van der Waals surface area contributed by atoms with E-state index in [1.165, 1.54) is 34.2 Å². The van der Waals surface area contributed by atoms with Crippen molar-refractivity contribution in [3.63, 3.8) is 0 Å². The average molecular weight is 250 g/mol. The number of fused-ring (bicyclic) bond motifs is 2. The number of aromatic nitrogens is 1.